The Hall–Kier alpha value is -2.06. The van der Waals surface area contributed by atoms with Gasteiger partial charge in [-0.05, 0) is 37.2 Å². The van der Waals surface area contributed by atoms with E-state index in [-0.39, 0.29) is 12.5 Å². The molecule has 0 unspecified atom stereocenters. The van der Waals surface area contributed by atoms with E-state index in [2.05, 4.69) is 5.32 Å². The fourth-order valence-corrected chi connectivity index (χ4v) is 1.96. The van der Waals surface area contributed by atoms with Gasteiger partial charge in [0, 0.05) is 19.6 Å². The lowest BCUT2D eigenvalue weighted by atomic mass is 10.2. The monoisotopic (exact) mass is 259 g/mol. The molecule has 1 heterocycles. The largest absolute Gasteiger partial charge is 0.484 e. The predicted octanol–water partition coefficient (Wildman–Crippen LogP) is 0.759. The number of rotatable bonds is 3. The quantitative estimate of drug-likeness (QED) is 0.870. The first-order valence-electron chi connectivity index (χ1n) is 6.41. The first-order valence-corrected chi connectivity index (χ1v) is 6.41. The molecule has 2 rings (SSSR count). The van der Waals surface area contributed by atoms with Gasteiger partial charge in [0.2, 0.25) is 0 Å². The van der Waals surface area contributed by atoms with Crippen LogP contribution >= 0.6 is 0 Å². The van der Waals surface area contributed by atoms with Crippen molar-refractivity contribution in [3.05, 3.63) is 29.8 Å². The van der Waals surface area contributed by atoms with E-state index in [1.165, 1.54) is 0 Å². The van der Waals surface area contributed by atoms with Crippen molar-refractivity contribution < 1.29 is 9.53 Å². The second-order valence-corrected chi connectivity index (χ2v) is 4.41. The van der Waals surface area contributed by atoms with Crippen LogP contribution < -0.4 is 10.1 Å². The molecule has 0 bridgehead atoms. The zero-order valence-electron chi connectivity index (χ0n) is 10.8. The maximum atomic E-state index is 12.0. The van der Waals surface area contributed by atoms with Gasteiger partial charge in [0.1, 0.15) is 5.75 Å². The van der Waals surface area contributed by atoms with Crippen LogP contribution in [-0.4, -0.2) is 43.6 Å². The molecule has 1 amide bonds. The van der Waals surface area contributed by atoms with Gasteiger partial charge in [-0.2, -0.15) is 5.26 Å². The lowest BCUT2D eigenvalue weighted by molar-refractivity contribution is -0.133. The van der Waals surface area contributed by atoms with Crippen LogP contribution in [0.1, 0.15) is 12.0 Å². The van der Waals surface area contributed by atoms with Crippen LogP contribution in [-0.2, 0) is 4.79 Å². The van der Waals surface area contributed by atoms with E-state index in [4.69, 9.17) is 10.00 Å². The summed E-state index contributed by atoms with van der Waals surface area (Å²) in [5.41, 5.74) is 0.581. The number of amides is 1. The number of ether oxygens (including phenoxy) is 1. The van der Waals surface area contributed by atoms with E-state index >= 15 is 0 Å². The molecule has 0 spiro atoms. The first-order chi connectivity index (χ1) is 9.29. The number of hydrogen-bond donors (Lipinski definition) is 1. The van der Waals surface area contributed by atoms with Gasteiger partial charge in [-0.3, -0.25) is 4.79 Å². The Kier molecular flexibility index (Phi) is 4.76. The summed E-state index contributed by atoms with van der Waals surface area (Å²) < 4.78 is 5.44. The average Bonchev–Trinajstić information content (AvgIpc) is 2.74. The highest BCUT2D eigenvalue weighted by Crippen LogP contribution is 2.11. The summed E-state index contributed by atoms with van der Waals surface area (Å²) in [4.78, 5) is 13.8. The number of nitriles is 1. The van der Waals surface area contributed by atoms with Crippen LogP contribution in [0.25, 0.3) is 0 Å². The molecule has 0 aromatic heterocycles. The van der Waals surface area contributed by atoms with Gasteiger partial charge in [0.05, 0.1) is 11.6 Å². The Morgan fingerprint density at radius 3 is 2.84 bits per heavy atom. The molecular formula is C14H17N3O2. The molecule has 1 aliphatic heterocycles. The van der Waals surface area contributed by atoms with Gasteiger partial charge in [-0.15, -0.1) is 0 Å². The number of nitrogens with zero attached hydrogens (tertiary/aromatic N) is 2. The van der Waals surface area contributed by atoms with Gasteiger partial charge in [0.25, 0.3) is 5.91 Å². The summed E-state index contributed by atoms with van der Waals surface area (Å²) in [7, 11) is 0. The second-order valence-electron chi connectivity index (χ2n) is 4.41. The second kappa shape index (κ2) is 6.76. The number of hydrogen-bond acceptors (Lipinski definition) is 4. The normalized spacial score (nSPS) is 15.4. The van der Waals surface area contributed by atoms with E-state index < -0.39 is 0 Å². The highest BCUT2D eigenvalue weighted by atomic mass is 16.5. The van der Waals surface area contributed by atoms with Crippen molar-refractivity contribution in [2.24, 2.45) is 0 Å². The highest BCUT2D eigenvalue weighted by Gasteiger charge is 2.15. The molecule has 1 N–H and O–H groups in total. The lowest BCUT2D eigenvalue weighted by Crippen LogP contribution is -2.37. The van der Waals surface area contributed by atoms with E-state index in [1.807, 2.05) is 11.0 Å². The van der Waals surface area contributed by atoms with Crippen molar-refractivity contribution in [2.45, 2.75) is 6.42 Å². The fourth-order valence-electron chi connectivity index (χ4n) is 1.96. The smallest absolute Gasteiger partial charge is 0.260 e. The zero-order chi connectivity index (χ0) is 13.5. The molecule has 1 saturated heterocycles. The summed E-state index contributed by atoms with van der Waals surface area (Å²) in [5, 5.41) is 11.9. The molecular weight excluding hydrogens is 242 g/mol. The van der Waals surface area contributed by atoms with Crippen molar-refractivity contribution in [1.82, 2.24) is 10.2 Å². The minimum Gasteiger partial charge on any atom is -0.484 e. The predicted molar refractivity (Wildman–Crippen MR) is 70.7 cm³/mol. The van der Waals surface area contributed by atoms with E-state index in [0.717, 1.165) is 32.6 Å². The third-order valence-corrected chi connectivity index (χ3v) is 3.04. The van der Waals surface area contributed by atoms with Crippen molar-refractivity contribution >= 4 is 5.91 Å². The van der Waals surface area contributed by atoms with E-state index in [1.54, 1.807) is 24.3 Å². The topological polar surface area (TPSA) is 65.4 Å². The molecule has 0 radical (unpaired) electrons. The van der Waals surface area contributed by atoms with Gasteiger partial charge < -0.3 is 15.0 Å². The van der Waals surface area contributed by atoms with Crippen molar-refractivity contribution in [1.29, 1.82) is 5.26 Å². The van der Waals surface area contributed by atoms with Crippen molar-refractivity contribution in [3.63, 3.8) is 0 Å². The molecule has 100 valence electrons. The molecule has 5 heteroatoms. The molecule has 0 saturated carbocycles. The fraction of sp³-hybridized carbons (Fsp3) is 0.429. The Balaban J connectivity index is 1.83. The molecule has 1 aliphatic rings. The SMILES string of the molecule is N#Cc1ccc(OCC(=O)N2CCCNCC2)cc1. The number of nitrogens with one attached hydrogen (secondary N) is 1. The Bertz CT molecular complexity index is 457. The summed E-state index contributed by atoms with van der Waals surface area (Å²) in [5.74, 6) is 0.619. The van der Waals surface area contributed by atoms with Crippen LogP contribution in [0.3, 0.4) is 0 Å². The zero-order valence-corrected chi connectivity index (χ0v) is 10.8. The molecule has 1 fully saturated rings. The third-order valence-electron chi connectivity index (χ3n) is 3.04. The first kappa shape index (κ1) is 13.4. The Morgan fingerprint density at radius 2 is 2.11 bits per heavy atom. The molecule has 0 atom stereocenters. The Labute approximate surface area is 112 Å². The molecule has 0 aliphatic carbocycles. The summed E-state index contributed by atoms with van der Waals surface area (Å²) >= 11 is 0. The molecule has 5 nitrogen and oxygen atoms in total. The third kappa shape index (κ3) is 3.97. The highest BCUT2D eigenvalue weighted by molar-refractivity contribution is 5.77. The van der Waals surface area contributed by atoms with Crippen LogP contribution in [0.4, 0.5) is 0 Å². The number of benzene rings is 1. The van der Waals surface area contributed by atoms with Gasteiger partial charge >= 0.3 is 0 Å². The standard InChI is InChI=1S/C14H17N3O2/c15-10-12-2-4-13(5-3-12)19-11-14(18)17-8-1-6-16-7-9-17/h2-5,16H,1,6-9,11H2. The summed E-state index contributed by atoms with van der Waals surface area (Å²) in [6, 6.07) is 8.80. The molecule has 1 aromatic rings. The minimum absolute atomic E-state index is 0.00746. The minimum atomic E-state index is 0.00746. The maximum absolute atomic E-state index is 12.0. The molecule has 19 heavy (non-hydrogen) atoms. The van der Waals surface area contributed by atoms with Gasteiger partial charge in [0.15, 0.2) is 6.61 Å². The van der Waals surface area contributed by atoms with Crippen LogP contribution in [0, 0.1) is 11.3 Å². The average molecular weight is 259 g/mol. The number of carbonyl (C=O) groups is 1. The van der Waals surface area contributed by atoms with Gasteiger partial charge in [-0.1, -0.05) is 0 Å². The molecule has 1 aromatic carbocycles. The van der Waals surface area contributed by atoms with Crippen LogP contribution in [0.2, 0.25) is 0 Å². The lowest BCUT2D eigenvalue weighted by Gasteiger charge is -2.19. The van der Waals surface area contributed by atoms with E-state index in [9.17, 15) is 4.79 Å². The summed E-state index contributed by atoms with van der Waals surface area (Å²) in [6.07, 6.45) is 0.975. The number of carbonyl (C=O) groups excluding carboxylic acids is 1. The Morgan fingerprint density at radius 1 is 1.32 bits per heavy atom. The van der Waals surface area contributed by atoms with Crippen LogP contribution in [0.15, 0.2) is 24.3 Å². The van der Waals surface area contributed by atoms with Crippen molar-refractivity contribution in [2.75, 3.05) is 32.8 Å². The van der Waals surface area contributed by atoms with Gasteiger partial charge in [-0.25, -0.2) is 0 Å². The van der Waals surface area contributed by atoms with E-state index in [0.29, 0.717) is 11.3 Å². The maximum Gasteiger partial charge on any atom is 0.260 e. The van der Waals surface area contributed by atoms with Crippen molar-refractivity contribution in [3.8, 4) is 11.8 Å². The summed E-state index contributed by atoms with van der Waals surface area (Å²) in [6.45, 7) is 3.35. The van der Waals surface area contributed by atoms with Crippen LogP contribution in [0.5, 0.6) is 5.75 Å².